The van der Waals surface area contributed by atoms with Gasteiger partial charge in [0.05, 0.1) is 0 Å². The quantitative estimate of drug-likeness (QED) is 0.836. The lowest BCUT2D eigenvalue weighted by Crippen LogP contribution is -2.38. The highest BCUT2D eigenvalue weighted by Crippen LogP contribution is 2.28. The van der Waals surface area contributed by atoms with Crippen LogP contribution < -0.4 is 0 Å². The van der Waals surface area contributed by atoms with Gasteiger partial charge in [-0.1, -0.05) is 13.3 Å². The van der Waals surface area contributed by atoms with Gasteiger partial charge in [-0.05, 0) is 52.1 Å². The molecular weight excluding hydrogens is 288 g/mol. The third-order valence-corrected chi connectivity index (χ3v) is 5.51. The molecule has 128 valence electrons. The fourth-order valence-corrected chi connectivity index (χ4v) is 3.98. The van der Waals surface area contributed by atoms with Crippen molar-refractivity contribution < 1.29 is 4.79 Å². The molecule has 1 amide bonds. The van der Waals surface area contributed by atoms with E-state index in [-0.39, 0.29) is 5.91 Å². The van der Waals surface area contributed by atoms with Crippen molar-refractivity contribution in [2.45, 2.75) is 57.9 Å². The molecule has 0 bridgehead atoms. The zero-order chi connectivity index (χ0) is 16.4. The number of unbranched alkanes of at least 4 members (excludes halogenated alkanes) is 1. The van der Waals surface area contributed by atoms with Crippen molar-refractivity contribution in [3.63, 3.8) is 0 Å². The smallest absolute Gasteiger partial charge is 0.274 e. The molecule has 1 aliphatic heterocycles. The van der Waals surface area contributed by atoms with Gasteiger partial charge >= 0.3 is 0 Å². The van der Waals surface area contributed by atoms with Crippen LogP contribution >= 0.6 is 0 Å². The van der Waals surface area contributed by atoms with Crippen molar-refractivity contribution in [3.8, 4) is 0 Å². The van der Waals surface area contributed by atoms with Crippen molar-refractivity contribution in [1.82, 2.24) is 19.6 Å². The van der Waals surface area contributed by atoms with Crippen molar-refractivity contribution in [2.24, 2.45) is 7.05 Å². The Hall–Kier alpha value is -1.36. The average Bonchev–Trinajstić information content (AvgIpc) is 3.20. The van der Waals surface area contributed by atoms with Crippen LogP contribution in [0, 0.1) is 0 Å². The Labute approximate surface area is 139 Å². The van der Waals surface area contributed by atoms with Gasteiger partial charge in [0, 0.05) is 37.4 Å². The van der Waals surface area contributed by atoms with Gasteiger partial charge in [0.2, 0.25) is 0 Å². The van der Waals surface area contributed by atoms with E-state index < -0.39 is 0 Å². The number of hydrogen-bond acceptors (Lipinski definition) is 3. The van der Waals surface area contributed by atoms with Crippen LogP contribution in [0.1, 0.15) is 60.8 Å². The molecule has 0 N–H and O–H groups in total. The highest BCUT2D eigenvalue weighted by atomic mass is 16.2. The molecule has 0 aromatic carbocycles. The minimum atomic E-state index is 0.149. The van der Waals surface area contributed by atoms with Crippen molar-refractivity contribution in [2.75, 3.05) is 26.7 Å². The molecule has 1 aliphatic carbocycles. The minimum absolute atomic E-state index is 0.149. The number of carbonyl (C=O) groups excluding carboxylic acids is 1. The molecule has 1 aromatic heterocycles. The predicted octanol–water partition coefficient (Wildman–Crippen LogP) is 2.25. The van der Waals surface area contributed by atoms with Gasteiger partial charge in [-0.25, -0.2) is 0 Å². The molecule has 0 saturated carbocycles. The van der Waals surface area contributed by atoms with E-state index in [0.29, 0.717) is 6.04 Å². The third-order valence-electron chi connectivity index (χ3n) is 5.51. The van der Waals surface area contributed by atoms with E-state index >= 15 is 0 Å². The number of likely N-dealkylation sites (tertiary alicyclic amines) is 1. The summed E-state index contributed by atoms with van der Waals surface area (Å²) in [4.78, 5) is 17.3. The maximum Gasteiger partial charge on any atom is 0.274 e. The zero-order valence-corrected chi connectivity index (χ0v) is 14.8. The summed E-state index contributed by atoms with van der Waals surface area (Å²) in [7, 11) is 4.21. The van der Waals surface area contributed by atoms with Crippen LogP contribution in [-0.2, 0) is 19.9 Å². The van der Waals surface area contributed by atoms with Crippen molar-refractivity contribution >= 4 is 5.91 Å². The van der Waals surface area contributed by atoms with Gasteiger partial charge in [0.15, 0.2) is 5.69 Å². The first-order valence-corrected chi connectivity index (χ1v) is 9.16. The van der Waals surface area contributed by atoms with Gasteiger partial charge in [-0.2, -0.15) is 5.10 Å². The molecule has 1 saturated heterocycles. The molecule has 5 nitrogen and oxygen atoms in total. The van der Waals surface area contributed by atoms with Crippen LogP contribution in [0.4, 0.5) is 0 Å². The van der Waals surface area contributed by atoms with Crippen LogP contribution in [-0.4, -0.2) is 58.2 Å². The number of hydrogen-bond donors (Lipinski definition) is 0. The summed E-state index contributed by atoms with van der Waals surface area (Å²) in [5.74, 6) is 0.149. The normalized spacial score (nSPS) is 21.0. The van der Waals surface area contributed by atoms with Crippen LogP contribution in [0.25, 0.3) is 0 Å². The van der Waals surface area contributed by atoms with Crippen LogP contribution in [0.5, 0.6) is 0 Å². The lowest BCUT2D eigenvalue weighted by atomic mass is 9.90. The second-order valence-electron chi connectivity index (χ2n) is 7.13. The number of fused-ring (bicyclic) bond motifs is 1. The Bertz CT molecular complexity index is 560. The fourth-order valence-electron chi connectivity index (χ4n) is 3.98. The monoisotopic (exact) mass is 318 g/mol. The summed E-state index contributed by atoms with van der Waals surface area (Å²) in [5, 5.41) is 4.60. The Kier molecular flexibility index (Phi) is 5.05. The molecule has 1 aromatic rings. The molecule has 0 radical (unpaired) electrons. The molecule has 3 rings (SSSR count). The highest BCUT2D eigenvalue weighted by molar-refractivity contribution is 5.94. The van der Waals surface area contributed by atoms with Crippen molar-refractivity contribution in [1.29, 1.82) is 0 Å². The number of likely N-dealkylation sites (N-methyl/N-ethyl adjacent to an activating group) is 1. The molecule has 1 fully saturated rings. The summed E-state index contributed by atoms with van der Waals surface area (Å²) in [5.41, 5.74) is 3.20. The molecule has 23 heavy (non-hydrogen) atoms. The number of rotatable bonds is 5. The van der Waals surface area contributed by atoms with Gasteiger partial charge in [0.1, 0.15) is 0 Å². The number of amides is 1. The maximum absolute atomic E-state index is 12.8. The van der Waals surface area contributed by atoms with E-state index in [0.717, 1.165) is 51.0 Å². The first-order valence-electron chi connectivity index (χ1n) is 9.16. The standard InChI is InChI=1S/C18H30N4O/c1-4-5-10-20(2)14-8-9-16-15(13-14)17(19-21(16)3)18(23)22-11-6-7-12-22/h14H,4-13H2,1-3H3/t14-/m1/s1. The van der Waals surface area contributed by atoms with Crippen LogP contribution in [0.2, 0.25) is 0 Å². The summed E-state index contributed by atoms with van der Waals surface area (Å²) >= 11 is 0. The summed E-state index contributed by atoms with van der Waals surface area (Å²) in [6.07, 6.45) is 7.91. The Morgan fingerprint density at radius 3 is 2.78 bits per heavy atom. The van der Waals surface area contributed by atoms with Crippen LogP contribution in [0.3, 0.4) is 0 Å². The number of aromatic nitrogens is 2. The molecular formula is C18H30N4O. The zero-order valence-electron chi connectivity index (χ0n) is 14.8. The van der Waals surface area contributed by atoms with E-state index in [1.54, 1.807) is 0 Å². The largest absolute Gasteiger partial charge is 0.337 e. The Morgan fingerprint density at radius 1 is 1.35 bits per heavy atom. The third kappa shape index (κ3) is 3.30. The van der Waals surface area contributed by atoms with Crippen molar-refractivity contribution in [3.05, 3.63) is 17.0 Å². The topological polar surface area (TPSA) is 41.4 Å². The average molecular weight is 318 g/mol. The van der Waals surface area contributed by atoms with Crippen LogP contribution in [0.15, 0.2) is 0 Å². The lowest BCUT2D eigenvalue weighted by molar-refractivity contribution is 0.0784. The molecule has 0 unspecified atom stereocenters. The first-order chi connectivity index (χ1) is 11.1. The van der Waals surface area contributed by atoms with Gasteiger partial charge < -0.3 is 9.80 Å². The predicted molar refractivity (Wildman–Crippen MR) is 91.7 cm³/mol. The molecule has 2 aliphatic rings. The second-order valence-corrected chi connectivity index (χ2v) is 7.13. The SMILES string of the molecule is CCCCN(C)[C@@H]1CCc2c(c(C(=O)N3CCCC3)nn2C)C1. The van der Waals surface area contributed by atoms with E-state index in [1.807, 2.05) is 16.6 Å². The fraction of sp³-hybridized carbons (Fsp3) is 0.778. The Balaban J connectivity index is 1.78. The minimum Gasteiger partial charge on any atom is -0.337 e. The van der Waals surface area contributed by atoms with E-state index in [1.165, 1.54) is 30.5 Å². The van der Waals surface area contributed by atoms with Gasteiger partial charge in [-0.15, -0.1) is 0 Å². The van der Waals surface area contributed by atoms with Gasteiger partial charge in [-0.3, -0.25) is 9.48 Å². The molecule has 5 heteroatoms. The first kappa shape index (κ1) is 16.5. The summed E-state index contributed by atoms with van der Waals surface area (Å²) < 4.78 is 1.95. The molecule has 2 heterocycles. The number of carbonyl (C=O) groups is 1. The Morgan fingerprint density at radius 2 is 2.09 bits per heavy atom. The van der Waals surface area contributed by atoms with Gasteiger partial charge in [0.25, 0.3) is 5.91 Å². The summed E-state index contributed by atoms with van der Waals surface area (Å²) in [6, 6.07) is 0.545. The van der Waals surface area contributed by atoms with E-state index in [4.69, 9.17) is 0 Å². The summed E-state index contributed by atoms with van der Waals surface area (Å²) in [6.45, 7) is 5.17. The number of aryl methyl sites for hydroxylation is 1. The lowest BCUT2D eigenvalue weighted by Gasteiger charge is -2.31. The van der Waals surface area contributed by atoms with E-state index in [2.05, 4.69) is 24.0 Å². The molecule has 0 spiro atoms. The second kappa shape index (κ2) is 7.04. The highest BCUT2D eigenvalue weighted by Gasteiger charge is 2.32. The van der Waals surface area contributed by atoms with E-state index in [9.17, 15) is 4.79 Å². The number of nitrogens with zero attached hydrogens (tertiary/aromatic N) is 4. The maximum atomic E-state index is 12.8. The molecule has 1 atom stereocenters.